The van der Waals surface area contributed by atoms with Gasteiger partial charge in [0.25, 0.3) is 0 Å². The number of aliphatic hydroxyl groups is 1. The van der Waals surface area contributed by atoms with Crippen LogP contribution in [0.2, 0.25) is 0 Å². The molecular weight excluding hydrogens is 1470 g/mol. The van der Waals surface area contributed by atoms with Gasteiger partial charge in [-0.15, -0.1) is 0 Å². The zero-order chi connectivity index (χ0) is 81.2. The highest BCUT2D eigenvalue weighted by molar-refractivity contribution is 8.76. The van der Waals surface area contributed by atoms with Crippen molar-refractivity contribution in [3.63, 3.8) is 0 Å². The van der Waals surface area contributed by atoms with Crippen molar-refractivity contribution in [3.8, 4) is 0 Å². The van der Waals surface area contributed by atoms with Crippen LogP contribution < -0.4 is 74.9 Å². The number of primary amides is 1. The van der Waals surface area contributed by atoms with Crippen LogP contribution in [-0.2, 0) is 96.0 Å². The lowest BCUT2D eigenvalue weighted by atomic mass is 9.98. The number of nitrogens with two attached hydrogens (primary N) is 1. The first-order chi connectivity index (χ1) is 52.0. The maximum atomic E-state index is 15.1. The Morgan fingerprint density at radius 3 is 1.60 bits per heavy atom. The Balaban J connectivity index is 1.46. The molecular formula is C71H98N18O19S2. The Hall–Kier alpha value is -11.1. The SMILES string of the molecule is CC(=O)N[C@@H](CC(=O)O)C(=O)N[C@H]1CSSC[C@@H](C(=O)N[C@H](C(N)=O)C(C)O)NC(=O)[C@H](Cc2c[nH]c3ccccc23)NC(=O)[C@H](C(C)C)NC(=O)[C@H](CC(C)C)NC(=O)[C@H](CCC(=O)O)NC(=O)CNC(=O)[C@H](CC(C)C)NC(=O)[C@H](Cc2cnc[nH]2)NC(=O)[C@H](Cc2c[nH]c3ccccc23)NC(=O)[C@H](C)NC1=O. The average Bonchev–Trinajstić information content (AvgIpc) is 1.65. The summed E-state index contributed by atoms with van der Waals surface area (Å²) in [5, 5.41) is 64.2. The molecule has 5 aromatic rings. The smallest absolute Gasteiger partial charge is 0.305 e. The number of hydrogen-bond acceptors (Lipinski definition) is 20. The summed E-state index contributed by atoms with van der Waals surface area (Å²) < 4.78 is 0. The first-order valence-corrected chi connectivity index (χ1v) is 38.1. The number of carbonyl (C=O) groups is 16. The number of aliphatic hydroxyl groups excluding tert-OH is 1. The van der Waals surface area contributed by atoms with Crippen molar-refractivity contribution in [1.29, 1.82) is 0 Å². The van der Waals surface area contributed by atoms with E-state index in [0.29, 0.717) is 38.6 Å². The Morgan fingerprint density at radius 1 is 0.573 bits per heavy atom. The predicted molar refractivity (Wildman–Crippen MR) is 402 cm³/mol. The van der Waals surface area contributed by atoms with Crippen LogP contribution in [0.1, 0.15) is 111 Å². The standard InChI is InChI=1S/C71H98N18O19S2/c1-33(2)20-47-62(99)76-29-55(92)80-46(18-19-56(93)94)63(100)83-48(21-34(3)4)68(105)88-58(35(5)6)71(108)85-50(23-40-27-75-45-17-13-11-15-43(40)45)65(102)87-54(70(107)89-59(37(8)90)60(72)97)31-110-109-30-53(86-67(104)52(25-57(95)96)79-38(9)91)69(106)78-36(7)61(98)81-49(22-39-26-74-44-16-12-10-14-42(39)44)64(101)84-51(66(103)82-47)24-41-28-73-32-77-41/h10-17,26-28,32-37,46-54,58-59,74-75,90H,18-25,29-31H2,1-9H3,(H2,72,97)(H,73,77)(H,76,99)(H,78,106)(H,79,91)(H,80,92)(H,81,98)(H,82,103)(H,83,100)(H,84,101)(H,85,108)(H,86,104)(H,87,102)(H,88,105)(H,89,107)(H,93,94)(H,95,96)/t36-,37?,46-,47-,48-,49-,50-,51-,52-,53-,54-,58-,59-/m0/s1. The number of nitrogens with one attached hydrogen (secondary N) is 16. The topological polar surface area (TPSA) is 576 Å². The van der Waals surface area contributed by atoms with E-state index in [1.54, 1.807) is 102 Å². The molecule has 14 amide bonds. The molecule has 1 fully saturated rings. The van der Waals surface area contributed by atoms with Gasteiger partial charge in [-0.2, -0.15) is 0 Å². The highest BCUT2D eigenvalue weighted by Crippen LogP contribution is 2.26. The number of H-pyrrole nitrogens is 3. The number of para-hydroxylation sites is 2. The second-order valence-electron chi connectivity index (χ2n) is 27.9. The lowest BCUT2D eigenvalue weighted by Crippen LogP contribution is -2.61. The molecule has 1 aliphatic rings. The van der Waals surface area contributed by atoms with Gasteiger partial charge in [0.05, 0.1) is 25.4 Å². The van der Waals surface area contributed by atoms with E-state index in [1.807, 2.05) is 0 Å². The predicted octanol–water partition coefficient (Wildman–Crippen LogP) is -2.28. The van der Waals surface area contributed by atoms with E-state index in [4.69, 9.17) is 5.73 Å². The molecule has 1 saturated heterocycles. The maximum absolute atomic E-state index is 15.1. The number of carboxylic acids is 2. The summed E-state index contributed by atoms with van der Waals surface area (Å²) >= 11 is 0. The van der Waals surface area contributed by atoms with E-state index < -0.39 is 216 Å². The van der Waals surface area contributed by atoms with Gasteiger partial charge in [-0.25, -0.2) is 4.98 Å². The number of aromatic nitrogens is 4. The van der Waals surface area contributed by atoms with Gasteiger partial charge in [0.1, 0.15) is 72.5 Å². The van der Waals surface area contributed by atoms with Gasteiger partial charge in [0.2, 0.25) is 82.7 Å². The van der Waals surface area contributed by atoms with Crippen LogP contribution in [0.3, 0.4) is 0 Å². The molecule has 0 radical (unpaired) electrons. The van der Waals surface area contributed by atoms with Crippen molar-refractivity contribution in [3.05, 3.63) is 90.3 Å². The molecule has 1 unspecified atom stereocenters. The number of carboxylic acid groups (broad SMARTS) is 2. The Labute approximate surface area is 640 Å². The molecule has 37 nitrogen and oxygen atoms in total. The normalized spacial score (nSPS) is 22.8. The van der Waals surface area contributed by atoms with Crippen LogP contribution in [0, 0.1) is 17.8 Å². The van der Waals surface area contributed by atoms with Gasteiger partial charge >= 0.3 is 11.9 Å². The van der Waals surface area contributed by atoms with Crippen molar-refractivity contribution in [2.45, 2.75) is 192 Å². The summed E-state index contributed by atoms with van der Waals surface area (Å²) in [6, 6.07) is -5.56. The largest absolute Gasteiger partial charge is 0.481 e. The molecule has 6 rings (SSSR count). The molecule has 2 aromatic carbocycles. The minimum absolute atomic E-state index is 0.0545. The van der Waals surface area contributed by atoms with E-state index in [1.165, 1.54) is 19.4 Å². The molecule has 0 aliphatic carbocycles. The zero-order valence-corrected chi connectivity index (χ0v) is 63.8. The number of carbonyl (C=O) groups excluding carboxylic acids is 14. The Morgan fingerprint density at radius 2 is 1.08 bits per heavy atom. The third-order valence-electron chi connectivity index (χ3n) is 17.5. The van der Waals surface area contributed by atoms with Crippen molar-refractivity contribution in [2.24, 2.45) is 23.5 Å². The lowest BCUT2D eigenvalue weighted by Gasteiger charge is -2.29. The molecule has 4 heterocycles. The molecule has 39 heteroatoms. The summed E-state index contributed by atoms with van der Waals surface area (Å²) in [4.78, 5) is 237. The molecule has 0 spiro atoms. The van der Waals surface area contributed by atoms with Crippen LogP contribution in [0.25, 0.3) is 21.8 Å². The molecule has 3 aromatic heterocycles. The minimum Gasteiger partial charge on any atom is -0.481 e. The molecule has 598 valence electrons. The molecule has 0 saturated carbocycles. The number of aliphatic carboxylic acids is 2. The third kappa shape index (κ3) is 27.2. The molecule has 1 aliphatic heterocycles. The monoisotopic (exact) mass is 1570 g/mol. The minimum atomic E-state index is -1.77. The number of hydrogen-bond donors (Lipinski definition) is 20. The molecule has 0 bridgehead atoms. The number of aromatic amines is 3. The zero-order valence-electron chi connectivity index (χ0n) is 62.2. The second-order valence-corrected chi connectivity index (χ2v) is 30.4. The fourth-order valence-corrected chi connectivity index (χ4v) is 14.1. The summed E-state index contributed by atoms with van der Waals surface area (Å²) in [5.74, 6) is -19.6. The number of imidazole rings is 1. The second kappa shape index (κ2) is 42.0. The molecule has 110 heavy (non-hydrogen) atoms. The Kier molecular flexibility index (Phi) is 33.6. The van der Waals surface area contributed by atoms with Gasteiger partial charge < -0.3 is 105 Å². The fourth-order valence-electron chi connectivity index (χ4n) is 11.8. The van der Waals surface area contributed by atoms with Crippen molar-refractivity contribution >= 4 is 138 Å². The van der Waals surface area contributed by atoms with Crippen LogP contribution in [-0.4, -0.2) is 227 Å². The van der Waals surface area contributed by atoms with E-state index in [2.05, 4.69) is 89.1 Å². The van der Waals surface area contributed by atoms with Crippen molar-refractivity contribution in [1.82, 2.24) is 89.1 Å². The number of rotatable bonds is 23. The highest BCUT2D eigenvalue weighted by atomic mass is 33.1. The number of nitrogens with zero attached hydrogens (tertiary/aromatic N) is 1. The van der Waals surface area contributed by atoms with Gasteiger partial charge in [-0.1, -0.05) is 99.5 Å². The summed E-state index contributed by atoms with van der Waals surface area (Å²) in [6.45, 7) is 12.5. The first kappa shape index (κ1) is 87.8. The Bertz CT molecular complexity index is 4110. The van der Waals surface area contributed by atoms with E-state index >= 15 is 4.79 Å². The third-order valence-corrected chi connectivity index (χ3v) is 19.9. The van der Waals surface area contributed by atoms with Crippen LogP contribution >= 0.6 is 21.6 Å². The molecule has 13 atom stereocenters. The van der Waals surface area contributed by atoms with Gasteiger partial charge in [0, 0.05) is 90.2 Å². The van der Waals surface area contributed by atoms with Crippen LogP contribution in [0.4, 0.5) is 0 Å². The number of fused-ring (bicyclic) bond motifs is 2. The maximum Gasteiger partial charge on any atom is 0.305 e. The van der Waals surface area contributed by atoms with Gasteiger partial charge in [-0.3, -0.25) is 76.7 Å². The average molecular weight is 1570 g/mol. The van der Waals surface area contributed by atoms with Gasteiger partial charge in [0.15, 0.2) is 0 Å². The quantitative estimate of drug-likeness (QED) is 0.0306. The number of benzene rings is 2. The fraction of sp³-hybridized carbons (Fsp3) is 0.507. The lowest BCUT2D eigenvalue weighted by molar-refractivity contribution is -0.141. The number of amides is 14. The van der Waals surface area contributed by atoms with Gasteiger partial charge in [-0.05, 0) is 74.1 Å². The van der Waals surface area contributed by atoms with E-state index in [0.717, 1.165) is 35.4 Å². The summed E-state index contributed by atoms with van der Waals surface area (Å²) in [6.07, 6.45) is 1.03. The molecule has 21 N–H and O–H groups in total. The van der Waals surface area contributed by atoms with Crippen molar-refractivity contribution in [2.75, 3.05) is 18.1 Å². The summed E-state index contributed by atoms with van der Waals surface area (Å²) in [5.41, 5.74) is 8.11. The first-order valence-electron chi connectivity index (χ1n) is 35.6. The van der Waals surface area contributed by atoms with E-state index in [9.17, 15) is 87.2 Å². The van der Waals surface area contributed by atoms with Crippen LogP contribution in [0.15, 0.2) is 73.4 Å². The highest BCUT2D eigenvalue weighted by Gasteiger charge is 2.39. The van der Waals surface area contributed by atoms with E-state index in [-0.39, 0.29) is 43.9 Å². The van der Waals surface area contributed by atoms with Crippen LogP contribution in [0.5, 0.6) is 0 Å². The summed E-state index contributed by atoms with van der Waals surface area (Å²) in [7, 11) is 1.54. The van der Waals surface area contributed by atoms with Crippen molar-refractivity contribution < 1.29 is 92.0 Å².